The van der Waals surface area contributed by atoms with Crippen LogP contribution in [0, 0.1) is 0 Å². The Bertz CT molecular complexity index is 1530. The number of benzene rings is 1. The van der Waals surface area contributed by atoms with Crippen LogP contribution >= 0.6 is 0 Å². The zero-order valence-corrected chi connectivity index (χ0v) is 20.3. The van der Waals surface area contributed by atoms with Crippen LogP contribution < -0.4 is 20.9 Å². The fraction of sp³-hybridized carbons (Fsp3) is 0.333. The summed E-state index contributed by atoms with van der Waals surface area (Å²) in [6, 6.07) is 11.5. The van der Waals surface area contributed by atoms with E-state index < -0.39 is 11.2 Å². The summed E-state index contributed by atoms with van der Waals surface area (Å²) < 4.78 is 9.02. The highest BCUT2D eigenvalue weighted by Crippen LogP contribution is 2.22. The molecule has 0 saturated carbocycles. The van der Waals surface area contributed by atoms with Gasteiger partial charge in [0.2, 0.25) is 5.91 Å². The van der Waals surface area contributed by atoms with Crippen LogP contribution in [0.3, 0.4) is 0 Å². The predicted molar refractivity (Wildman–Crippen MR) is 133 cm³/mol. The molecule has 186 valence electrons. The van der Waals surface area contributed by atoms with E-state index >= 15 is 0 Å². The highest BCUT2D eigenvalue weighted by molar-refractivity contribution is 5.79. The Morgan fingerprint density at radius 2 is 1.67 bits per heavy atom. The third-order valence-corrected chi connectivity index (χ3v) is 6.52. The molecule has 1 aliphatic heterocycles. The summed E-state index contributed by atoms with van der Waals surface area (Å²) in [6.45, 7) is 2.24. The molecule has 0 unspecified atom stereocenters. The number of nitrogens with zero attached hydrogens (tertiary/aromatic N) is 8. The maximum Gasteiger partial charge on any atom is 0.332 e. The van der Waals surface area contributed by atoms with Gasteiger partial charge in [-0.2, -0.15) is 0 Å². The van der Waals surface area contributed by atoms with E-state index in [2.05, 4.69) is 20.1 Å². The number of ether oxygens (including phenoxy) is 1. The molecule has 0 spiro atoms. The van der Waals surface area contributed by atoms with Gasteiger partial charge in [-0.3, -0.25) is 18.7 Å². The smallest absolute Gasteiger partial charge is 0.332 e. The van der Waals surface area contributed by atoms with Gasteiger partial charge >= 0.3 is 5.69 Å². The first-order valence-electron chi connectivity index (χ1n) is 11.5. The Balaban J connectivity index is 1.23. The van der Waals surface area contributed by atoms with Crippen molar-refractivity contribution in [1.29, 1.82) is 0 Å². The van der Waals surface area contributed by atoms with Crippen LogP contribution in [-0.4, -0.2) is 73.0 Å². The van der Waals surface area contributed by atoms with Crippen molar-refractivity contribution < 1.29 is 9.53 Å². The topological polar surface area (TPSA) is 120 Å². The minimum atomic E-state index is -0.472. The van der Waals surface area contributed by atoms with Crippen LogP contribution in [0.5, 0.6) is 5.75 Å². The van der Waals surface area contributed by atoms with E-state index in [0.29, 0.717) is 26.2 Å². The summed E-state index contributed by atoms with van der Waals surface area (Å²) in [7, 11) is 4.59. The molecular weight excluding hydrogens is 464 g/mol. The molecule has 36 heavy (non-hydrogen) atoms. The van der Waals surface area contributed by atoms with Crippen molar-refractivity contribution in [3.05, 3.63) is 63.6 Å². The number of carbonyl (C=O) groups is 1. The molecule has 12 nitrogen and oxygen atoms in total. The zero-order chi connectivity index (χ0) is 25.4. The number of aromatic nitrogens is 6. The number of amides is 1. The Kier molecular flexibility index (Phi) is 6.00. The van der Waals surface area contributed by atoms with E-state index in [1.165, 1.54) is 22.5 Å². The zero-order valence-electron chi connectivity index (χ0n) is 20.3. The lowest BCUT2D eigenvalue weighted by atomic mass is 10.1. The van der Waals surface area contributed by atoms with E-state index in [9.17, 15) is 14.4 Å². The molecule has 0 bridgehead atoms. The molecule has 5 rings (SSSR count). The summed E-state index contributed by atoms with van der Waals surface area (Å²) in [4.78, 5) is 45.8. The summed E-state index contributed by atoms with van der Waals surface area (Å²) in [6.07, 6.45) is 1.43. The molecule has 4 heterocycles. The second kappa shape index (κ2) is 9.29. The number of hydrogen-bond donors (Lipinski definition) is 0. The summed E-state index contributed by atoms with van der Waals surface area (Å²) in [5.41, 5.74) is 1.29. The van der Waals surface area contributed by atoms with E-state index in [1.54, 1.807) is 19.1 Å². The monoisotopic (exact) mass is 490 g/mol. The van der Waals surface area contributed by atoms with Crippen molar-refractivity contribution in [3.63, 3.8) is 0 Å². The third-order valence-electron chi connectivity index (χ3n) is 6.52. The Labute approximate surface area is 206 Å². The standard InChI is InChI=1S/C24H26N8O4/c1-28-22-21(23(34)29(2)24(28)35)32(15-25-22)14-20(33)31-12-10-30(11-13-31)19-9-8-18(26-27-19)16-4-6-17(36-3)7-5-16/h4-9,15H,10-14H2,1-3H3. The molecule has 0 N–H and O–H groups in total. The molecule has 1 aliphatic rings. The Hall–Kier alpha value is -4.48. The minimum absolute atomic E-state index is 0.0275. The van der Waals surface area contributed by atoms with Crippen LogP contribution in [0.15, 0.2) is 52.3 Å². The number of rotatable bonds is 5. The van der Waals surface area contributed by atoms with E-state index in [4.69, 9.17) is 4.74 Å². The summed E-state index contributed by atoms with van der Waals surface area (Å²) >= 11 is 0. The molecule has 0 radical (unpaired) electrons. The van der Waals surface area contributed by atoms with Crippen LogP contribution in [-0.2, 0) is 25.4 Å². The summed E-state index contributed by atoms with van der Waals surface area (Å²) in [5.74, 6) is 1.42. The Morgan fingerprint density at radius 3 is 2.31 bits per heavy atom. The summed E-state index contributed by atoms with van der Waals surface area (Å²) in [5, 5.41) is 8.75. The van der Waals surface area contributed by atoms with Crippen LogP contribution in [0.25, 0.3) is 22.4 Å². The van der Waals surface area contributed by atoms with Crippen molar-refractivity contribution in [3.8, 4) is 17.0 Å². The number of piperazine rings is 1. The van der Waals surface area contributed by atoms with Gasteiger partial charge in [0.1, 0.15) is 12.3 Å². The highest BCUT2D eigenvalue weighted by Gasteiger charge is 2.24. The first-order valence-corrected chi connectivity index (χ1v) is 11.5. The van der Waals surface area contributed by atoms with Crippen LogP contribution in [0.4, 0.5) is 5.82 Å². The molecule has 0 atom stereocenters. The molecule has 3 aromatic heterocycles. The van der Waals surface area contributed by atoms with Crippen molar-refractivity contribution in [2.45, 2.75) is 6.54 Å². The van der Waals surface area contributed by atoms with E-state index in [-0.39, 0.29) is 23.6 Å². The number of aryl methyl sites for hydroxylation is 1. The van der Waals surface area contributed by atoms with Gasteiger partial charge < -0.3 is 19.1 Å². The third kappa shape index (κ3) is 4.10. The molecule has 1 fully saturated rings. The predicted octanol–water partition coefficient (Wildman–Crippen LogP) is 0.248. The van der Waals surface area contributed by atoms with Gasteiger partial charge in [0.25, 0.3) is 5.56 Å². The normalized spacial score (nSPS) is 13.9. The number of methoxy groups -OCH3 is 1. The average Bonchev–Trinajstić information content (AvgIpc) is 3.34. The lowest BCUT2D eigenvalue weighted by Crippen LogP contribution is -2.50. The first kappa shape index (κ1) is 23.3. The molecule has 0 aliphatic carbocycles. The van der Waals surface area contributed by atoms with Crippen molar-refractivity contribution in [2.24, 2.45) is 14.1 Å². The van der Waals surface area contributed by atoms with Gasteiger partial charge in [0.15, 0.2) is 17.0 Å². The van der Waals surface area contributed by atoms with Gasteiger partial charge in [-0.05, 0) is 36.4 Å². The van der Waals surface area contributed by atoms with Crippen molar-refractivity contribution in [2.75, 3.05) is 38.2 Å². The van der Waals surface area contributed by atoms with E-state index in [1.807, 2.05) is 36.4 Å². The Morgan fingerprint density at radius 1 is 0.944 bits per heavy atom. The second-order valence-corrected chi connectivity index (χ2v) is 8.62. The SMILES string of the molecule is COc1ccc(-c2ccc(N3CCN(C(=O)Cn4cnc5c4c(=O)n(C)c(=O)n5C)CC3)nn2)cc1. The maximum atomic E-state index is 13.0. The number of anilines is 1. The van der Waals surface area contributed by atoms with Gasteiger partial charge in [-0.15, -0.1) is 10.2 Å². The first-order chi connectivity index (χ1) is 17.4. The molecule has 1 aromatic carbocycles. The quantitative estimate of drug-likeness (QED) is 0.390. The maximum absolute atomic E-state index is 13.0. The van der Waals surface area contributed by atoms with Crippen LogP contribution in [0.1, 0.15) is 0 Å². The molecule has 1 saturated heterocycles. The molecule has 4 aromatic rings. The number of carbonyl (C=O) groups excluding carboxylic acids is 1. The largest absolute Gasteiger partial charge is 0.497 e. The lowest BCUT2D eigenvalue weighted by Gasteiger charge is -2.35. The minimum Gasteiger partial charge on any atom is -0.497 e. The van der Waals surface area contributed by atoms with Gasteiger partial charge in [0, 0.05) is 45.8 Å². The molecule has 12 heteroatoms. The van der Waals surface area contributed by atoms with Gasteiger partial charge in [-0.1, -0.05) is 0 Å². The van der Waals surface area contributed by atoms with Crippen molar-refractivity contribution >= 4 is 22.9 Å². The molecule has 1 amide bonds. The second-order valence-electron chi connectivity index (χ2n) is 8.62. The van der Waals surface area contributed by atoms with E-state index in [0.717, 1.165) is 27.4 Å². The van der Waals surface area contributed by atoms with Crippen molar-refractivity contribution in [1.82, 2.24) is 33.8 Å². The molecular formula is C24H26N8O4. The fourth-order valence-corrected chi connectivity index (χ4v) is 4.36. The number of hydrogen-bond acceptors (Lipinski definition) is 8. The highest BCUT2D eigenvalue weighted by atomic mass is 16.5. The lowest BCUT2D eigenvalue weighted by molar-refractivity contribution is -0.132. The number of imidazole rings is 1. The van der Waals surface area contributed by atoms with Crippen LogP contribution in [0.2, 0.25) is 0 Å². The van der Waals surface area contributed by atoms with Gasteiger partial charge in [-0.25, -0.2) is 9.78 Å². The van der Waals surface area contributed by atoms with Gasteiger partial charge in [0.05, 0.1) is 19.1 Å². The fourth-order valence-electron chi connectivity index (χ4n) is 4.36. The number of fused-ring (bicyclic) bond motifs is 1. The average molecular weight is 491 g/mol.